The molecule has 0 bridgehead atoms. The van der Waals surface area contributed by atoms with E-state index in [9.17, 15) is 9.59 Å². The average Bonchev–Trinajstić information content (AvgIpc) is 3.60. The van der Waals surface area contributed by atoms with E-state index in [-0.39, 0.29) is 23.8 Å². The molecule has 35 heavy (non-hydrogen) atoms. The van der Waals surface area contributed by atoms with Crippen LogP contribution in [0.4, 0.5) is 28.8 Å². The number of nitrogens with zero attached hydrogens (tertiary/aromatic N) is 2. The fourth-order valence-corrected chi connectivity index (χ4v) is 4.24. The lowest BCUT2D eigenvalue weighted by atomic mass is 10.1. The summed E-state index contributed by atoms with van der Waals surface area (Å²) in [6.45, 7) is 0. The average molecular weight is 491 g/mol. The van der Waals surface area contributed by atoms with E-state index in [1.807, 2.05) is 36.4 Å². The monoisotopic (exact) mass is 490 g/mol. The first-order chi connectivity index (χ1) is 17.0. The Bertz CT molecular complexity index is 1220. The third-order valence-electron chi connectivity index (χ3n) is 6.22. The van der Waals surface area contributed by atoms with Crippen molar-refractivity contribution in [1.29, 1.82) is 0 Å². The first-order valence-corrected chi connectivity index (χ1v) is 12.3. The van der Waals surface area contributed by atoms with Crippen molar-refractivity contribution in [3.05, 3.63) is 65.3 Å². The smallest absolute Gasteiger partial charge is 0.251 e. The van der Waals surface area contributed by atoms with Gasteiger partial charge in [-0.25, -0.2) is 4.98 Å². The molecule has 2 saturated carbocycles. The Kier molecular flexibility index (Phi) is 6.81. The molecule has 5 rings (SSSR count). The summed E-state index contributed by atoms with van der Waals surface area (Å²) in [5.41, 5.74) is 2.71. The van der Waals surface area contributed by atoms with E-state index in [4.69, 9.17) is 11.6 Å². The highest BCUT2D eigenvalue weighted by atomic mass is 35.5. The number of anilines is 5. The highest BCUT2D eigenvalue weighted by molar-refractivity contribution is 6.33. The minimum Gasteiger partial charge on any atom is -0.349 e. The predicted octanol–water partition coefficient (Wildman–Crippen LogP) is 5.64. The maximum Gasteiger partial charge on any atom is 0.251 e. The molecule has 9 heteroatoms. The molecule has 1 aromatic heterocycles. The molecule has 2 fully saturated rings. The standard InChI is InChI=1S/C26H27ClN6O2/c27-20-15-28-26(30-19-13-11-17(12-14-19)24(34)29-18-5-1-2-6-18)33-23(20)31-21-7-3-4-8-22(21)32-25(35)16-9-10-16/h3-4,7-8,11-16,18H,1-2,5-6,9-10H2,(H,29,34)(H,32,35)(H2,28,30,31,33). The first-order valence-electron chi connectivity index (χ1n) is 11.9. The van der Waals surface area contributed by atoms with Gasteiger partial charge in [-0.3, -0.25) is 9.59 Å². The van der Waals surface area contributed by atoms with Crippen LogP contribution in [-0.4, -0.2) is 27.8 Å². The van der Waals surface area contributed by atoms with Crippen LogP contribution in [-0.2, 0) is 4.79 Å². The van der Waals surface area contributed by atoms with Crippen molar-refractivity contribution >= 4 is 52.2 Å². The van der Waals surface area contributed by atoms with Crippen molar-refractivity contribution in [1.82, 2.24) is 15.3 Å². The maximum absolute atomic E-state index is 12.5. The third-order valence-corrected chi connectivity index (χ3v) is 6.50. The van der Waals surface area contributed by atoms with Gasteiger partial charge in [-0.15, -0.1) is 0 Å². The van der Waals surface area contributed by atoms with Crippen molar-refractivity contribution < 1.29 is 9.59 Å². The van der Waals surface area contributed by atoms with E-state index in [2.05, 4.69) is 31.2 Å². The molecule has 8 nitrogen and oxygen atoms in total. The number of carbonyl (C=O) groups is 2. The van der Waals surface area contributed by atoms with Gasteiger partial charge in [0.1, 0.15) is 5.02 Å². The van der Waals surface area contributed by atoms with Gasteiger partial charge < -0.3 is 21.3 Å². The zero-order valence-corrected chi connectivity index (χ0v) is 19.9. The molecule has 180 valence electrons. The molecule has 0 atom stereocenters. The minimum absolute atomic E-state index is 0.0239. The molecular weight excluding hydrogens is 464 g/mol. The van der Waals surface area contributed by atoms with Gasteiger partial charge in [-0.05, 0) is 62.1 Å². The lowest BCUT2D eigenvalue weighted by molar-refractivity contribution is -0.117. The Labute approximate surface area is 208 Å². The summed E-state index contributed by atoms with van der Waals surface area (Å²) in [5.74, 6) is 0.826. The zero-order valence-electron chi connectivity index (χ0n) is 19.2. The number of hydrogen-bond donors (Lipinski definition) is 4. The van der Waals surface area contributed by atoms with Crippen LogP contribution in [0.15, 0.2) is 54.7 Å². The summed E-state index contributed by atoms with van der Waals surface area (Å²) < 4.78 is 0. The molecule has 2 amide bonds. The number of para-hydroxylation sites is 2. The molecule has 0 saturated heterocycles. The molecule has 0 radical (unpaired) electrons. The summed E-state index contributed by atoms with van der Waals surface area (Å²) >= 11 is 6.35. The summed E-state index contributed by atoms with van der Waals surface area (Å²) in [6, 6.07) is 14.9. The number of nitrogens with one attached hydrogen (secondary N) is 4. The molecular formula is C26H27ClN6O2. The van der Waals surface area contributed by atoms with Gasteiger partial charge in [0.15, 0.2) is 5.82 Å². The Hall–Kier alpha value is -3.65. The van der Waals surface area contributed by atoms with Crippen molar-refractivity contribution in [2.75, 3.05) is 16.0 Å². The highest BCUT2D eigenvalue weighted by Crippen LogP contribution is 2.33. The number of amides is 2. The Morgan fingerprint density at radius 3 is 2.31 bits per heavy atom. The summed E-state index contributed by atoms with van der Waals surface area (Å²) in [5, 5.41) is 12.7. The second-order valence-electron chi connectivity index (χ2n) is 8.98. The number of carbonyl (C=O) groups excluding carboxylic acids is 2. The summed E-state index contributed by atoms with van der Waals surface area (Å²) in [4.78, 5) is 33.4. The van der Waals surface area contributed by atoms with Crippen molar-refractivity contribution in [3.63, 3.8) is 0 Å². The van der Waals surface area contributed by atoms with E-state index in [1.165, 1.54) is 19.0 Å². The van der Waals surface area contributed by atoms with Gasteiger partial charge in [0.05, 0.1) is 17.6 Å². The van der Waals surface area contributed by atoms with Crippen molar-refractivity contribution in [2.45, 2.75) is 44.6 Å². The lowest BCUT2D eigenvalue weighted by Gasteiger charge is -2.14. The fourth-order valence-electron chi connectivity index (χ4n) is 4.10. The van der Waals surface area contributed by atoms with Crippen LogP contribution in [0, 0.1) is 5.92 Å². The predicted molar refractivity (Wildman–Crippen MR) is 138 cm³/mol. The topological polar surface area (TPSA) is 108 Å². The van der Waals surface area contributed by atoms with Crippen LogP contribution in [0.25, 0.3) is 0 Å². The molecule has 0 spiro atoms. The molecule has 0 unspecified atom stereocenters. The van der Waals surface area contributed by atoms with Crippen LogP contribution in [0.1, 0.15) is 48.9 Å². The van der Waals surface area contributed by atoms with Gasteiger partial charge >= 0.3 is 0 Å². The Morgan fingerprint density at radius 2 is 1.60 bits per heavy atom. The summed E-state index contributed by atoms with van der Waals surface area (Å²) in [7, 11) is 0. The molecule has 1 heterocycles. The molecule has 2 aliphatic rings. The van der Waals surface area contributed by atoms with E-state index < -0.39 is 0 Å². The number of hydrogen-bond acceptors (Lipinski definition) is 6. The van der Waals surface area contributed by atoms with Gasteiger partial charge in [0.2, 0.25) is 11.9 Å². The number of halogens is 1. The Morgan fingerprint density at radius 1 is 0.886 bits per heavy atom. The number of aromatic nitrogens is 2. The second kappa shape index (κ2) is 10.3. The first kappa shape index (κ1) is 23.1. The van der Waals surface area contributed by atoms with E-state index in [0.717, 1.165) is 31.4 Å². The van der Waals surface area contributed by atoms with E-state index in [1.54, 1.807) is 12.1 Å². The molecule has 3 aromatic rings. The third kappa shape index (κ3) is 5.89. The maximum atomic E-state index is 12.5. The lowest BCUT2D eigenvalue weighted by Crippen LogP contribution is -2.32. The van der Waals surface area contributed by atoms with Crippen LogP contribution in [0.5, 0.6) is 0 Å². The summed E-state index contributed by atoms with van der Waals surface area (Å²) in [6.07, 6.45) is 7.81. The van der Waals surface area contributed by atoms with Crippen molar-refractivity contribution in [3.8, 4) is 0 Å². The highest BCUT2D eigenvalue weighted by Gasteiger charge is 2.30. The quantitative estimate of drug-likeness (QED) is 0.325. The molecule has 2 aliphatic carbocycles. The number of rotatable bonds is 8. The van der Waals surface area contributed by atoms with Crippen LogP contribution in [0.3, 0.4) is 0 Å². The second-order valence-corrected chi connectivity index (χ2v) is 9.39. The Balaban J connectivity index is 1.26. The minimum atomic E-state index is -0.0508. The molecule has 0 aliphatic heterocycles. The van der Waals surface area contributed by atoms with Crippen LogP contribution >= 0.6 is 11.6 Å². The van der Waals surface area contributed by atoms with Gasteiger partial charge in [-0.1, -0.05) is 36.6 Å². The molecule has 2 aromatic carbocycles. The zero-order chi connectivity index (χ0) is 24.2. The fraction of sp³-hybridized carbons (Fsp3) is 0.308. The number of benzene rings is 2. The van der Waals surface area contributed by atoms with E-state index >= 15 is 0 Å². The molecule has 4 N–H and O–H groups in total. The van der Waals surface area contributed by atoms with E-state index in [0.29, 0.717) is 33.7 Å². The van der Waals surface area contributed by atoms with Crippen molar-refractivity contribution in [2.24, 2.45) is 5.92 Å². The van der Waals surface area contributed by atoms with Crippen LogP contribution in [0.2, 0.25) is 5.02 Å². The normalized spacial score (nSPS) is 15.5. The van der Waals surface area contributed by atoms with Gasteiger partial charge in [0.25, 0.3) is 5.91 Å². The van der Waals surface area contributed by atoms with Gasteiger partial charge in [-0.2, -0.15) is 4.98 Å². The van der Waals surface area contributed by atoms with Crippen LogP contribution < -0.4 is 21.3 Å². The SMILES string of the molecule is O=C(NC1CCCC1)c1ccc(Nc2ncc(Cl)c(Nc3ccccc3NC(=O)C3CC3)n2)cc1. The van der Waals surface area contributed by atoms with Gasteiger partial charge in [0, 0.05) is 23.2 Å². The largest absolute Gasteiger partial charge is 0.349 e.